The van der Waals surface area contributed by atoms with E-state index in [9.17, 15) is 32.3 Å². The maximum absolute atomic E-state index is 11.7. The monoisotopic (exact) mass is 951 g/mol. The van der Waals surface area contributed by atoms with Gasteiger partial charge in [0.1, 0.15) is 11.6 Å². The number of carbonyl (C=O) groups is 4. The van der Waals surface area contributed by atoms with Crippen LogP contribution in [-0.2, 0) is 9.59 Å². The molecule has 10 heteroatoms. The number of carbonyl (C=O) groups excluding carboxylic acids is 4. The Balaban J connectivity index is -0.0000000902. The van der Waals surface area contributed by atoms with Gasteiger partial charge in [-0.05, 0) is 50.9 Å². The smallest absolute Gasteiger partial charge is 0.300 e. The van der Waals surface area contributed by atoms with E-state index in [0.717, 1.165) is 38.5 Å². The van der Waals surface area contributed by atoms with E-state index in [4.69, 9.17) is 34.8 Å². The lowest BCUT2D eigenvalue weighted by Crippen LogP contribution is -2.28. The Bertz CT molecular complexity index is 1180. The molecule has 1 aromatic carbocycles. The summed E-state index contributed by atoms with van der Waals surface area (Å²) < 4.78 is 33.5. The van der Waals surface area contributed by atoms with E-state index in [1.807, 2.05) is 55.4 Å². The fourth-order valence-electron chi connectivity index (χ4n) is 1.66. The molecule has 0 radical (unpaired) electrons. The largest absolute Gasteiger partial charge is 0.393 e. The normalized spacial score (nSPS) is 12.8. The lowest BCUT2D eigenvalue weighted by atomic mass is 9.88. The minimum atomic E-state index is -4.06. The molecular weight excluding hydrogens is 852 g/mol. The standard InChI is InChI=1S/C11H10O2.C6H12O.C5H9Cl3.C5H9F3.C5H10O.C5H12.3C4H10.C3H8/c1-11(2)9(12)7-5-3-4-6-8(7)10(11)13;1-5(7)6(2,3)4;2*1-4(2,3)5(6,7)8;1-4(2)5(3)6;1-5(2,3)4;3*1-4(2)3;1-3-2/h3-6H,1-2H3;1-4H3;2*1-3H3;4H,1-3H3;1-4H3;3*4H,1-3H3;3H2,1-2H3. The first kappa shape index (κ1) is 77.8. The maximum atomic E-state index is 11.7. The fraction of sp³-hybridized carbons (Fsp3) is 0.808. The molecule has 0 aromatic heterocycles. The Hall–Kier alpha value is -1.44. The molecule has 0 saturated carbocycles. The van der Waals surface area contributed by atoms with Crippen LogP contribution in [0.5, 0.6) is 0 Å². The molecule has 4 nitrogen and oxygen atoms in total. The number of alkyl halides is 6. The Morgan fingerprint density at radius 1 is 0.565 bits per heavy atom. The Morgan fingerprint density at radius 3 is 0.790 bits per heavy atom. The molecule has 0 bridgehead atoms. The number of hydrogen-bond acceptors (Lipinski definition) is 4. The van der Waals surface area contributed by atoms with E-state index in [2.05, 4.69) is 104 Å². The van der Waals surface area contributed by atoms with Gasteiger partial charge in [-0.25, -0.2) is 0 Å². The zero-order chi connectivity index (χ0) is 52.8. The lowest BCUT2D eigenvalue weighted by molar-refractivity contribution is -0.204. The van der Waals surface area contributed by atoms with Crippen molar-refractivity contribution in [1.29, 1.82) is 0 Å². The lowest BCUT2D eigenvalue weighted by Gasteiger charge is -2.27. The fourth-order valence-corrected chi connectivity index (χ4v) is 1.66. The number of ketones is 4. The highest BCUT2D eigenvalue weighted by molar-refractivity contribution is 6.68. The van der Waals surface area contributed by atoms with Crippen LogP contribution in [0.2, 0.25) is 0 Å². The van der Waals surface area contributed by atoms with Crippen LogP contribution < -0.4 is 0 Å². The Labute approximate surface area is 398 Å². The third-order valence-corrected chi connectivity index (χ3v) is 7.82. The molecule has 0 atom stereocenters. The number of hydrogen-bond donors (Lipinski definition) is 0. The first-order valence-corrected chi connectivity index (χ1v) is 23.2. The second kappa shape index (κ2) is 35.8. The van der Waals surface area contributed by atoms with Crippen molar-refractivity contribution in [1.82, 2.24) is 0 Å². The molecule has 1 aliphatic rings. The van der Waals surface area contributed by atoms with Crippen molar-refractivity contribution < 1.29 is 32.3 Å². The molecule has 62 heavy (non-hydrogen) atoms. The molecule has 0 spiro atoms. The van der Waals surface area contributed by atoms with Gasteiger partial charge in [-0.15, -0.1) is 0 Å². The summed E-state index contributed by atoms with van der Waals surface area (Å²) in [5.74, 6) is 3.09. The van der Waals surface area contributed by atoms with E-state index in [1.54, 1.807) is 52.0 Å². The van der Waals surface area contributed by atoms with E-state index < -0.39 is 20.8 Å². The van der Waals surface area contributed by atoms with E-state index >= 15 is 0 Å². The van der Waals surface area contributed by atoms with Crippen molar-refractivity contribution in [2.24, 2.45) is 50.7 Å². The molecular formula is C52H100Cl3F3O4. The molecule has 2 rings (SSSR count). The summed E-state index contributed by atoms with van der Waals surface area (Å²) in [6.07, 6.45) is -2.81. The minimum absolute atomic E-state index is 0.0619. The van der Waals surface area contributed by atoms with Crippen LogP contribution in [0, 0.1) is 50.7 Å². The predicted molar refractivity (Wildman–Crippen MR) is 272 cm³/mol. The minimum Gasteiger partial charge on any atom is -0.300 e. The van der Waals surface area contributed by atoms with E-state index in [-0.39, 0.29) is 39.9 Å². The first-order chi connectivity index (χ1) is 26.7. The summed E-state index contributed by atoms with van der Waals surface area (Å²) in [5.41, 5.74) is -1.19. The highest BCUT2D eigenvalue weighted by Gasteiger charge is 2.45. The van der Waals surface area contributed by atoms with Crippen molar-refractivity contribution in [2.75, 3.05) is 0 Å². The topological polar surface area (TPSA) is 68.3 Å². The second-order valence-electron chi connectivity index (χ2n) is 22.8. The van der Waals surface area contributed by atoms with Crippen LogP contribution in [0.3, 0.4) is 0 Å². The van der Waals surface area contributed by atoms with Gasteiger partial charge in [0.15, 0.2) is 15.4 Å². The summed E-state index contributed by atoms with van der Waals surface area (Å²) in [6.45, 7) is 57.7. The molecule has 1 aromatic rings. The number of Topliss-reactive ketones (excluding diaryl/α,β-unsaturated/α-hetero) is 4. The summed E-state index contributed by atoms with van der Waals surface area (Å²) in [5, 5.41) is 0. The first-order valence-electron chi connectivity index (χ1n) is 22.1. The Morgan fingerprint density at radius 2 is 0.710 bits per heavy atom. The third-order valence-electron chi connectivity index (χ3n) is 6.12. The van der Waals surface area contributed by atoms with Crippen molar-refractivity contribution >= 4 is 57.9 Å². The van der Waals surface area contributed by atoms with Gasteiger partial charge in [0.25, 0.3) is 0 Å². The van der Waals surface area contributed by atoms with Gasteiger partial charge in [-0.3, -0.25) is 19.2 Å². The van der Waals surface area contributed by atoms with Crippen molar-refractivity contribution in [3.8, 4) is 0 Å². The summed E-state index contributed by atoms with van der Waals surface area (Å²) in [6, 6.07) is 6.99. The average molecular weight is 953 g/mol. The van der Waals surface area contributed by atoms with Crippen LogP contribution in [-0.4, -0.2) is 33.1 Å². The van der Waals surface area contributed by atoms with Gasteiger partial charge in [0.05, 0.1) is 10.8 Å². The number of rotatable bonds is 1. The summed E-state index contributed by atoms with van der Waals surface area (Å²) in [4.78, 5) is 44.0. The van der Waals surface area contributed by atoms with Crippen molar-refractivity contribution in [3.05, 3.63) is 35.4 Å². The van der Waals surface area contributed by atoms with Crippen LogP contribution >= 0.6 is 34.8 Å². The van der Waals surface area contributed by atoms with Crippen LogP contribution in [0.4, 0.5) is 13.2 Å². The van der Waals surface area contributed by atoms with Gasteiger partial charge in [-0.1, -0.05) is 246 Å². The predicted octanol–water partition coefficient (Wildman–Crippen LogP) is 19.4. The summed E-state index contributed by atoms with van der Waals surface area (Å²) >= 11 is 16.6. The molecule has 0 saturated heterocycles. The number of benzene rings is 1. The van der Waals surface area contributed by atoms with Crippen LogP contribution in [0.1, 0.15) is 235 Å². The van der Waals surface area contributed by atoms with Gasteiger partial charge in [0.2, 0.25) is 0 Å². The molecule has 0 aliphatic heterocycles. The molecule has 374 valence electrons. The quantitative estimate of drug-likeness (QED) is 0.208. The second-order valence-corrected chi connectivity index (χ2v) is 25.1. The molecule has 0 heterocycles. The van der Waals surface area contributed by atoms with Gasteiger partial charge >= 0.3 is 6.18 Å². The molecule has 0 fully saturated rings. The highest BCUT2D eigenvalue weighted by Crippen LogP contribution is 2.43. The summed E-state index contributed by atoms with van der Waals surface area (Å²) in [7, 11) is 0. The molecule has 0 N–H and O–H groups in total. The third kappa shape index (κ3) is 58.6. The van der Waals surface area contributed by atoms with Crippen LogP contribution in [0.25, 0.3) is 0 Å². The van der Waals surface area contributed by atoms with E-state index in [1.165, 1.54) is 6.42 Å². The van der Waals surface area contributed by atoms with Gasteiger partial charge < -0.3 is 0 Å². The van der Waals surface area contributed by atoms with Crippen molar-refractivity contribution in [2.45, 2.75) is 224 Å². The zero-order valence-corrected chi connectivity index (χ0v) is 48.0. The van der Waals surface area contributed by atoms with Gasteiger partial charge in [0, 0.05) is 27.9 Å². The number of fused-ring (bicyclic) bond motifs is 1. The molecule has 0 amide bonds. The highest BCUT2D eigenvalue weighted by atomic mass is 35.6. The van der Waals surface area contributed by atoms with Crippen molar-refractivity contribution in [3.63, 3.8) is 0 Å². The Kier molecular flexibility index (Phi) is 44.9. The van der Waals surface area contributed by atoms with Gasteiger partial charge in [-0.2, -0.15) is 13.2 Å². The zero-order valence-electron chi connectivity index (χ0n) is 45.7. The number of halogens is 6. The average Bonchev–Trinajstić information content (AvgIpc) is 3.14. The SMILES string of the molecule is CC(=O)C(C)(C)C.CC(=O)C(C)C.CC(C)(C)C.CC(C)(C)C(Cl)(Cl)Cl.CC(C)(C)C(F)(F)F.CC(C)C.CC(C)C.CC(C)C.CC1(C)C(=O)c2ccccc2C1=O.CCC. The van der Waals surface area contributed by atoms with E-state index in [0.29, 0.717) is 16.5 Å². The maximum Gasteiger partial charge on any atom is 0.393 e. The van der Waals surface area contributed by atoms with Crippen LogP contribution in [0.15, 0.2) is 24.3 Å². The molecule has 1 aliphatic carbocycles. The molecule has 0 unspecified atom stereocenters.